The molecule has 7 heteroatoms. The second kappa shape index (κ2) is 6.91. The van der Waals surface area contributed by atoms with Crippen molar-refractivity contribution >= 4 is 15.7 Å². The maximum Gasteiger partial charge on any atom is 0.232 e. The van der Waals surface area contributed by atoms with Crippen LogP contribution < -0.4 is 4.72 Å². The van der Waals surface area contributed by atoms with Crippen molar-refractivity contribution in [3.63, 3.8) is 0 Å². The molecular formula is C15H22N4O2S. The van der Waals surface area contributed by atoms with Crippen molar-refractivity contribution in [3.05, 3.63) is 36.2 Å². The fourth-order valence-corrected chi connectivity index (χ4v) is 3.36. The number of hydrogen-bond donors (Lipinski definition) is 1. The Morgan fingerprint density at radius 3 is 2.77 bits per heavy atom. The Morgan fingerprint density at radius 1 is 1.32 bits per heavy atom. The van der Waals surface area contributed by atoms with Crippen LogP contribution >= 0.6 is 0 Å². The van der Waals surface area contributed by atoms with Gasteiger partial charge in [-0.2, -0.15) is 0 Å². The summed E-state index contributed by atoms with van der Waals surface area (Å²) in [6, 6.07) is 7.19. The lowest BCUT2D eigenvalue weighted by Gasteiger charge is -2.11. The maximum absolute atomic E-state index is 12.0. The number of unbranched alkanes of at least 4 members (excludes halogenated alkanes) is 1. The number of aromatic nitrogens is 3. The third-order valence-corrected chi connectivity index (χ3v) is 4.67. The molecule has 1 aromatic heterocycles. The van der Waals surface area contributed by atoms with Crippen molar-refractivity contribution in [2.24, 2.45) is 0 Å². The monoisotopic (exact) mass is 322 g/mol. The van der Waals surface area contributed by atoms with E-state index in [9.17, 15) is 8.42 Å². The van der Waals surface area contributed by atoms with Crippen LogP contribution in [0.2, 0.25) is 0 Å². The molecule has 0 aliphatic rings. The highest BCUT2D eigenvalue weighted by Crippen LogP contribution is 2.20. The molecule has 0 radical (unpaired) electrons. The van der Waals surface area contributed by atoms with Crippen LogP contribution in [0, 0.1) is 0 Å². The molecule has 0 amide bonds. The zero-order valence-corrected chi connectivity index (χ0v) is 14.0. The van der Waals surface area contributed by atoms with Crippen LogP contribution in [-0.4, -0.2) is 29.2 Å². The quantitative estimate of drug-likeness (QED) is 0.850. The summed E-state index contributed by atoms with van der Waals surface area (Å²) in [6.07, 6.45) is 3.22. The lowest BCUT2D eigenvalue weighted by Crippen LogP contribution is -2.16. The molecule has 0 atom stereocenters. The molecule has 2 rings (SSSR count). The summed E-state index contributed by atoms with van der Waals surface area (Å²) >= 11 is 0. The molecule has 0 aliphatic heterocycles. The number of hydrogen-bond acceptors (Lipinski definition) is 4. The largest absolute Gasteiger partial charge is 0.283 e. The topological polar surface area (TPSA) is 76.9 Å². The summed E-state index contributed by atoms with van der Waals surface area (Å²) < 4.78 is 28.3. The maximum atomic E-state index is 12.0. The molecule has 22 heavy (non-hydrogen) atoms. The lowest BCUT2D eigenvalue weighted by molar-refractivity contribution is 0.598. The summed E-state index contributed by atoms with van der Waals surface area (Å²) in [7, 11) is -3.30. The lowest BCUT2D eigenvalue weighted by atomic mass is 10.1. The summed E-state index contributed by atoms with van der Waals surface area (Å²) in [4.78, 5) is 0. The number of benzene rings is 1. The van der Waals surface area contributed by atoms with Gasteiger partial charge in [0.1, 0.15) is 0 Å². The highest BCUT2D eigenvalue weighted by atomic mass is 32.2. The highest BCUT2D eigenvalue weighted by molar-refractivity contribution is 7.92. The molecule has 0 aliphatic carbocycles. The van der Waals surface area contributed by atoms with Gasteiger partial charge < -0.3 is 0 Å². The summed E-state index contributed by atoms with van der Waals surface area (Å²) in [5, 5.41) is 8.02. The van der Waals surface area contributed by atoms with Gasteiger partial charge in [-0.15, -0.1) is 5.10 Å². The SMILES string of the molecule is CCCCS(=O)(=O)Nc1cccc(-n2nncc2C(C)C)c1. The van der Waals surface area contributed by atoms with E-state index in [4.69, 9.17) is 0 Å². The van der Waals surface area contributed by atoms with Gasteiger partial charge in [-0.05, 0) is 30.5 Å². The Bertz CT molecular complexity index is 723. The van der Waals surface area contributed by atoms with Crippen LogP contribution in [0.15, 0.2) is 30.5 Å². The van der Waals surface area contributed by atoms with Crippen molar-refractivity contribution in [2.75, 3.05) is 10.5 Å². The van der Waals surface area contributed by atoms with Crippen LogP contribution in [-0.2, 0) is 10.0 Å². The Hall–Kier alpha value is -1.89. The van der Waals surface area contributed by atoms with E-state index in [1.807, 2.05) is 13.0 Å². The second-order valence-electron chi connectivity index (χ2n) is 5.55. The predicted molar refractivity (Wildman–Crippen MR) is 87.8 cm³/mol. The first-order valence-electron chi connectivity index (χ1n) is 7.44. The van der Waals surface area contributed by atoms with Gasteiger partial charge in [-0.1, -0.05) is 38.5 Å². The molecule has 1 N–H and O–H groups in total. The van der Waals surface area contributed by atoms with E-state index in [-0.39, 0.29) is 11.7 Å². The molecule has 1 heterocycles. The van der Waals surface area contributed by atoms with Crippen molar-refractivity contribution in [1.82, 2.24) is 15.0 Å². The minimum Gasteiger partial charge on any atom is -0.283 e. The zero-order chi connectivity index (χ0) is 16.2. The molecule has 0 spiro atoms. The van der Waals surface area contributed by atoms with Gasteiger partial charge in [0.15, 0.2) is 0 Å². The molecular weight excluding hydrogens is 300 g/mol. The molecule has 0 fully saturated rings. The standard InChI is InChI=1S/C15H22N4O2S/c1-4-5-9-22(20,21)17-13-7-6-8-14(10-13)19-15(12(2)3)11-16-18-19/h6-8,10-12,17H,4-5,9H2,1-3H3. The van der Waals surface area contributed by atoms with E-state index in [1.165, 1.54) is 0 Å². The van der Waals surface area contributed by atoms with Crippen LogP contribution in [0.25, 0.3) is 5.69 Å². The van der Waals surface area contributed by atoms with Gasteiger partial charge in [-0.3, -0.25) is 4.72 Å². The van der Waals surface area contributed by atoms with Crippen molar-refractivity contribution in [3.8, 4) is 5.69 Å². The van der Waals surface area contributed by atoms with Crippen LogP contribution in [0.4, 0.5) is 5.69 Å². The molecule has 0 saturated heterocycles. The first kappa shape index (κ1) is 16.5. The van der Waals surface area contributed by atoms with E-state index in [0.717, 1.165) is 17.8 Å². The van der Waals surface area contributed by atoms with Crippen LogP contribution in [0.1, 0.15) is 45.2 Å². The van der Waals surface area contributed by atoms with E-state index in [1.54, 1.807) is 29.1 Å². The van der Waals surface area contributed by atoms with Gasteiger partial charge in [0.25, 0.3) is 0 Å². The Morgan fingerprint density at radius 2 is 2.09 bits per heavy atom. The predicted octanol–water partition coefficient (Wildman–Crippen LogP) is 2.93. The van der Waals surface area contributed by atoms with Gasteiger partial charge in [0.2, 0.25) is 10.0 Å². The first-order chi connectivity index (χ1) is 10.4. The number of sulfonamides is 1. The van der Waals surface area contributed by atoms with Gasteiger partial charge in [0, 0.05) is 0 Å². The summed E-state index contributed by atoms with van der Waals surface area (Å²) in [5.74, 6) is 0.411. The Balaban J connectivity index is 2.25. The third kappa shape index (κ3) is 4.07. The van der Waals surface area contributed by atoms with Crippen molar-refractivity contribution in [2.45, 2.75) is 39.5 Å². The third-order valence-electron chi connectivity index (χ3n) is 3.30. The smallest absolute Gasteiger partial charge is 0.232 e. The summed E-state index contributed by atoms with van der Waals surface area (Å²) in [5.41, 5.74) is 2.31. The Labute approximate surface area is 131 Å². The number of nitrogens with one attached hydrogen (secondary N) is 1. The van der Waals surface area contributed by atoms with E-state index in [0.29, 0.717) is 12.1 Å². The molecule has 1 aromatic carbocycles. The highest BCUT2D eigenvalue weighted by Gasteiger charge is 2.12. The molecule has 0 saturated carbocycles. The fourth-order valence-electron chi connectivity index (χ4n) is 2.10. The summed E-state index contributed by atoms with van der Waals surface area (Å²) in [6.45, 7) is 6.09. The first-order valence-corrected chi connectivity index (χ1v) is 9.09. The molecule has 2 aromatic rings. The number of anilines is 1. The minimum absolute atomic E-state index is 0.133. The molecule has 0 bridgehead atoms. The average molecular weight is 322 g/mol. The number of nitrogens with zero attached hydrogens (tertiary/aromatic N) is 3. The Kier molecular flexibility index (Phi) is 5.18. The zero-order valence-electron chi connectivity index (χ0n) is 13.2. The van der Waals surface area contributed by atoms with E-state index >= 15 is 0 Å². The average Bonchev–Trinajstić information content (AvgIpc) is 2.94. The molecule has 0 unspecified atom stereocenters. The molecule has 6 nitrogen and oxygen atoms in total. The molecule has 120 valence electrons. The van der Waals surface area contributed by atoms with Crippen molar-refractivity contribution < 1.29 is 8.42 Å². The van der Waals surface area contributed by atoms with Crippen LogP contribution in [0.3, 0.4) is 0 Å². The van der Waals surface area contributed by atoms with Gasteiger partial charge in [0.05, 0.1) is 29.0 Å². The van der Waals surface area contributed by atoms with E-state index < -0.39 is 10.0 Å². The van der Waals surface area contributed by atoms with Crippen LogP contribution in [0.5, 0.6) is 0 Å². The normalized spacial score (nSPS) is 11.8. The van der Waals surface area contributed by atoms with Gasteiger partial charge in [-0.25, -0.2) is 13.1 Å². The van der Waals surface area contributed by atoms with Gasteiger partial charge >= 0.3 is 0 Å². The fraction of sp³-hybridized carbons (Fsp3) is 0.467. The minimum atomic E-state index is -3.30. The van der Waals surface area contributed by atoms with E-state index in [2.05, 4.69) is 28.9 Å². The second-order valence-corrected chi connectivity index (χ2v) is 7.39. The van der Waals surface area contributed by atoms with Crippen molar-refractivity contribution in [1.29, 1.82) is 0 Å². The number of rotatable bonds is 7.